The number of terminal acetylenes is 1. The van der Waals surface area contributed by atoms with E-state index in [2.05, 4.69) is 20.9 Å². The lowest BCUT2D eigenvalue weighted by atomic mass is 10.0. The number of para-hydroxylation sites is 1. The SMILES string of the molecule is C#CC(=O)N1CC2CN(n3nc(-c4ccc(Oc5ccccc5)cc4)c4c(N)ncnc43)CC2C1. The molecule has 6 rings (SSSR count). The fourth-order valence-electron chi connectivity index (χ4n) is 5.05. The van der Waals surface area contributed by atoms with E-state index in [9.17, 15) is 4.79 Å². The number of fused-ring (bicyclic) bond motifs is 2. The molecular weight excluding hydrogens is 442 g/mol. The van der Waals surface area contributed by atoms with Crippen LogP contribution in [0.5, 0.6) is 11.5 Å². The number of ether oxygens (including phenoxy) is 1. The summed E-state index contributed by atoms with van der Waals surface area (Å²) in [5.41, 5.74) is 8.55. The van der Waals surface area contributed by atoms with E-state index in [0.29, 0.717) is 47.5 Å². The Bertz CT molecular complexity index is 1430. The van der Waals surface area contributed by atoms with Crippen LogP contribution in [-0.2, 0) is 4.79 Å². The van der Waals surface area contributed by atoms with E-state index in [1.807, 2.05) is 59.4 Å². The van der Waals surface area contributed by atoms with Gasteiger partial charge in [-0.25, -0.2) is 9.97 Å². The number of aromatic nitrogens is 4. The fraction of sp³-hybridized carbons (Fsp3) is 0.231. The van der Waals surface area contributed by atoms with Crippen molar-refractivity contribution in [3.8, 4) is 35.1 Å². The summed E-state index contributed by atoms with van der Waals surface area (Å²) in [5, 5.41) is 7.80. The van der Waals surface area contributed by atoms with Gasteiger partial charge in [-0.3, -0.25) is 9.80 Å². The number of rotatable bonds is 4. The monoisotopic (exact) mass is 465 g/mol. The smallest absolute Gasteiger partial charge is 0.298 e. The van der Waals surface area contributed by atoms with Crippen molar-refractivity contribution in [3.05, 3.63) is 60.9 Å². The molecule has 0 spiro atoms. The van der Waals surface area contributed by atoms with Gasteiger partial charge < -0.3 is 15.4 Å². The van der Waals surface area contributed by atoms with Crippen molar-refractivity contribution in [1.29, 1.82) is 0 Å². The van der Waals surface area contributed by atoms with Gasteiger partial charge in [0, 0.05) is 43.6 Å². The molecule has 2 N–H and O–H groups in total. The summed E-state index contributed by atoms with van der Waals surface area (Å²) in [4.78, 5) is 24.2. The van der Waals surface area contributed by atoms with E-state index < -0.39 is 0 Å². The number of nitrogen functional groups attached to an aromatic ring is 1. The number of nitrogens with two attached hydrogens (primary N) is 1. The zero-order chi connectivity index (χ0) is 23.9. The Morgan fingerprint density at radius 1 is 0.971 bits per heavy atom. The standard InChI is InChI=1S/C26H23N7O2/c1-2-22(34)31-12-18-14-32(15-19(18)13-31)33-26-23(25(27)28-16-29-26)24(30-33)17-8-10-21(11-9-17)35-20-6-4-3-5-7-20/h1,3-11,16,18-19H,12-15H2,(H2,27,28,29). The van der Waals surface area contributed by atoms with Crippen molar-refractivity contribution in [1.82, 2.24) is 24.8 Å². The first-order chi connectivity index (χ1) is 17.1. The first kappa shape index (κ1) is 21.0. The van der Waals surface area contributed by atoms with Crippen molar-refractivity contribution in [2.24, 2.45) is 11.8 Å². The van der Waals surface area contributed by atoms with E-state index >= 15 is 0 Å². The lowest BCUT2D eigenvalue weighted by Gasteiger charge is -2.22. The Balaban J connectivity index is 1.30. The van der Waals surface area contributed by atoms with Gasteiger partial charge in [0.05, 0.1) is 5.39 Å². The van der Waals surface area contributed by atoms with Crippen molar-refractivity contribution in [2.75, 3.05) is 36.9 Å². The van der Waals surface area contributed by atoms with Crippen LogP contribution in [0, 0.1) is 24.2 Å². The molecule has 2 aromatic carbocycles. The fourth-order valence-corrected chi connectivity index (χ4v) is 5.05. The molecule has 2 atom stereocenters. The second-order valence-corrected chi connectivity index (χ2v) is 8.88. The van der Waals surface area contributed by atoms with Gasteiger partial charge in [0.15, 0.2) is 5.65 Å². The van der Waals surface area contributed by atoms with Crippen LogP contribution in [0.15, 0.2) is 60.9 Å². The predicted octanol–water partition coefficient (Wildman–Crippen LogP) is 2.53. The molecule has 4 heterocycles. The van der Waals surface area contributed by atoms with Crippen LogP contribution < -0.4 is 15.5 Å². The van der Waals surface area contributed by atoms with Crippen molar-refractivity contribution in [3.63, 3.8) is 0 Å². The third-order valence-corrected chi connectivity index (χ3v) is 6.73. The number of carbonyl (C=O) groups excluding carboxylic acids is 1. The average molecular weight is 466 g/mol. The molecule has 2 aromatic heterocycles. The summed E-state index contributed by atoms with van der Waals surface area (Å²) in [6, 6.07) is 17.4. The minimum Gasteiger partial charge on any atom is -0.457 e. The lowest BCUT2D eigenvalue weighted by Crippen LogP contribution is -2.38. The molecule has 9 nitrogen and oxygen atoms in total. The van der Waals surface area contributed by atoms with Crippen LogP contribution in [-0.4, -0.2) is 56.8 Å². The van der Waals surface area contributed by atoms with Crippen LogP contribution in [0.25, 0.3) is 22.3 Å². The van der Waals surface area contributed by atoms with Gasteiger partial charge in [0.25, 0.3) is 5.91 Å². The summed E-state index contributed by atoms with van der Waals surface area (Å²) in [7, 11) is 0. The molecule has 1 amide bonds. The maximum absolute atomic E-state index is 11.9. The van der Waals surface area contributed by atoms with Crippen LogP contribution in [0.4, 0.5) is 5.82 Å². The second kappa shape index (κ2) is 8.33. The van der Waals surface area contributed by atoms with E-state index in [-0.39, 0.29) is 5.91 Å². The number of carbonyl (C=O) groups is 1. The molecular formula is C26H23N7O2. The van der Waals surface area contributed by atoms with Crippen LogP contribution >= 0.6 is 0 Å². The van der Waals surface area contributed by atoms with E-state index in [0.717, 1.165) is 30.2 Å². The number of nitrogens with zero attached hydrogens (tertiary/aromatic N) is 6. The Hall–Kier alpha value is -4.58. The van der Waals surface area contributed by atoms with Gasteiger partial charge in [-0.05, 0) is 42.3 Å². The number of likely N-dealkylation sites (tertiary alicyclic amines) is 1. The van der Waals surface area contributed by atoms with Crippen LogP contribution in [0.3, 0.4) is 0 Å². The van der Waals surface area contributed by atoms with Crippen molar-refractivity contribution < 1.29 is 9.53 Å². The highest BCUT2D eigenvalue weighted by atomic mass is 16.5. The summed E-state index contributed by atoms with van der Waals surface area (Å²) in [6.45, 7) is 2.83. The number of benzene rings is 2. The number of anilines is 1. The third-order valence-electron chi connectivity index (χ3n) is 6.73. The number of hydrogen-bond acceptors (Lipinski definition) is 7. The first-order valence-corrected chi connectivity index (χ1v) is 11.4. The number of amides is 1. The summed E-state index contributed by atoms with van der Waals surface area (Å²) in [6.07, 6.45) is 6.76. The normalized spacial score (nSPS) is 19.1. The zero-order valence-corrected chi connectivity index (χ0v) is 18.9. The summed E-state index contributed by atoms with van der Waals surface area (Å²) >= 11 is 0. The average Bonchev–Trinajstić information content (AvgIpc) is 3.57. The van der Waals surface area contributed by atoms with Crippen molar-refractivity contribution >= 4 is 22.8 Å². The van der Waals surface area contributed by atoms with E-state index in [4.69, 9.17) is 22.0 Å². The Morgan fingerprint density at radius 2 is 1.66 bits per heavy atom. The molecule has 0 aliphatic carbocycles. The molecule has 2 saturated heterocycles. The molecule has 4 aromatic rings. The topological polar surface area (TPSA) is 102 Å². The maximum Gasteiger partial charge on any atom is 0.298 e. The second-order valence-electron chi connectivity index (χ2n) is 8.88. The summed E-state index contributed by atoms with van der Waals surface area (Å²) < 4.78 is 5.92. The first-order valence-electron chi connectivity index (χ1n) is 11.4. The van der Waals surface area contributed by atoms with Crippen molar-refractivity contribution in [2.45, 2.75) is 0 Å². The van der Waals surface area contributed by atoms with E-state index in [1.54, 1.807) is 4.90 Å². The van der Waals surface area contributed by atoms with Gasteiger partial charge in [-0.15, -0.1) is 11.5 Å². The molecule has 9 heteroatoms. The molecule has 2 aliphatic heterocycles. The zero-order valence-electron chi connectivity index (χ0n) is 18.9. The lowest BCUT2D eigenvalue weighted by molar-refractivity contribution is -0.124. The highest BCUT2D eigenvalue weighted by molar-refractivity contribution is 5.98. The molecule has 0 saturated carbocycles. The van der Waals surface area contributed by atoms with Gasteiger partial charge in [0.2, 0.25) is 0 Å². The molecule has 0 bridgehead atoms. The van der Waals surface area contributed by atoms with Gasteiger partial charge in [-0.1, -0.05) is 18.2 Å². The quantitative estimate of drug-likeness (QED) is 0.462. The van der Waals surface area contributed by atoms with Gasteiger partial charge in [0.1, 0.15) is 29.3 Å². The molecule has 2 unspecified atom stereocenters. The van der Waals surface area contributed by atoms with Crippen LogP contribution in [0.2, 0.25) is 0 Å². The molecule has 2 fully saturated rings. The Kier molecular flexibility index (Phi) is 4.99. The predicted molar refractivity (Wildman–Crippen MR) is 132 cm³/mol. The third kappa shape index (κ3) is 3.69. The Labute approximate surface area is 202 Å². The molecule has 0 radical (unpaired) electrons. The summed E-state index contributed by atoms with van der Waals surface area (Å²) in [5.74, 6) is 4.54. The number of hydrogen-bond donors (Lipinski definition) is 1. The maximum atomic E-state index is 11.9. The highest BCUT2D eigenvalue weighted by Gasteiger charge is 2.42. The Morgan fingerprint density at radius 3 is 2.34 bits per heavy atom. The highest BCUT2D eigenvalue weighted by Crippen LogP contribution is 2.35. The molecule has 174 valence electrons. The van der Waals surface area contributed by atoms with E-state index in [1.165, 1.54) is 6.33 Å². The minimum atomic E-state index is -0.238. The molecule has 2 aliphatic rings. The van der Waals surface area contributed by atoms with Crippen LogP contribution in [0.1, 0.15) is 0 Å². The largest absolute Gasteiger partial charge is 0.457 e. The van der Waals surface area contributed by atoms with Gasteiger partial charge >= 0.3 is 0 Å². The van der Waals surface area contributed by atoms with Gasteiger partial charge in [-0.2, -0.15) is 4.79 Å². The minimum absolute atomic E-state index is 0.238. The molecule has 35 heavy (non-hydrogen) atoms.